The number of rotatable bonds is 7. The van der Waals surface area contributed by atoms with Crippen LogP contribution in [0, 0.1) is 0 Å². The van der Waals surface area contributed by atoms with Crippen LogP contribution in [0.4, 0.5) is 0 Å². The Bertz CT molecular complexity index is 856. The molecule has 176 valence electrons. The number of nitrogens with zero attached hydrogens (tertiary/aromatic N) is 4. The van der Waals surface area contributed by atoms with Crippen molar-refractivity contribution in [2.24, 2.45) is 0 Å². The second kappa shape index (κ2) is 9.60. The summed E-state index contributed by atoms with van der Waals surface area (Å²) < 4.78 is 1.53. The van der Waals surface area contributed by atoms with Gasteiger partial charge in [0.25, 0.3) is 11.8 Å². The van der Waals surface area contributed by atoms with Gasteiger partial charge < -0.3 is 20.4 Å². The maximum atomic E-state index is 13.2. The maximum Gasteiger partial charge on any atom is 0.273 e. The molecule has 1 aromatic heterocycles. The number of aromatic nitrogens is 2. The molecule has 0 spiro atoms. The first-order valence-corrected chi connectivity index (χ1v) is 12.1. The largest absolute Gasteiger partial charge is 0.351 e. The summed E-state index contributed by atoms with van der Waals surface area (Å²) in [5.41, 5.74) is -0.446. The minimum absolute atomic E-state index is 0.145. The van der Waals surface area contributed by atoms with Crippen LogP contribution in [-0.4, -0.2) is 81.6 Å². The van der Waals surface area contributed by atoms with Crippen LogP contribution in [0.3, 0.4) is 0 Å². The molecule has 1 aromatic rings. The number of nitrogens with one attached hydrogen (secondary N) is 2. The summed E-state index contributed by atoms with van der Waals surface area (Å²) in [6, 6.07) is 1.73. The SMILES string of the molecule is CCN1C(=O)c2cc(C(=O)NCCN3CCCCC3)nn2C[C@@]1(C)C(=O)NC1CCCC1. The number of hydrogen-bond donors (Lipinski definition) is 2. The molecule has 1 saturated heterocycles. The molecule has 9 nitrogen and oxygen atoms in total. The van der Waals surface area contributed by atoms with Crippen molar-refractivity contribution in [3.63, 3.8) is 0 Å². The third-order valence-electron chi connectivity index (χ3n) is 7.19. The fourth-order valence-corrected chi connectivity index (χ4v) is 5.26. The van der Waals surface area contributed by atoms with Crippen molar-refractivity contribution in [1.82, 2.24) is 30.2 Å². The van der Waals surface area contributed by atoms with Gasteiger partial charge >= 0.3 is 0 Å². The number of likely N-dealkylation sites (tertiary alicyclic amines) is 1. The Morgan fingerprint density at radius 3 is 2.56 bits per heavy atom. The second-order valence-electron chi connectivity index (χ2n) is 9.51. The summed E-state index contributed by atoms with van der Waals surface area (Å²) in [5, 5.41) is 10.5. The van der Waals surface area contributed by atoms with Crippen LogP contribution in [0.15, 0.2) is 6.07 Å². The molecular formula is C23H36N6O3. The lowest BCUT2D eigenvalue weighted by molar-refractivity contribution is -0.133. The maximum absolute atomic E-state index is 13.2. The number of fused-ring (bicyclic) bond motifs is 1. The molecule has 2 aliphatic heterocycles. The predicted octanol–water partition coefficient (Wildman–Crippen LogP) is 1.39. The molecule has 0 unspecified atom stereocenters. The average Bonchev–Trinajstić information content (AvgIpc) is 3.44. The van der Waals surface area contributed by atoms with Crippen molar-refractivity contribution in [1.29, 1.82) is 0 Å². The van der Waals surface area contributed by atoms with Crippen LogP contribution >= 0.6 is 0 Å². The molecule has 3 heterocycles. The van der Waals surface area contributed by atoms with E-state index in [1.54, 1.807) is 17.9 Å². The van der Waals surface area contributed by atoms with Crippen molar-refractivity contribution in [3.8, 4) is 0 Å². The zero-order valence-corrected chi connectivity index (χ0v) is 19.4. The molecule has 3 amide bonds. The van der Waals surface area contributed by atoms with E-state index in [9.17, 15) is 14.4 Å². The molecule has 2 N–H and O–H groups in total. The Kier molecular flexibility index (Phi) is 6.83. The fourth-order valence-electron chi connectivity index (χ4n) is 5.26. The van der Waals surface area contributed by atoms with Crippen molar-refractivity contribution in [2.45, 2.75) is 76.9 Å². The molecule has 4 rings (SSSR count). The highest BCUT2D eigenvalue weighted by atomic mass is 16.2. The van der Waals surface area contributed by atoms with Gasteiger partial charge in [0, 0.05) is 31.7 Å². The van der Waals surface area contributed by atoms with E-state index in [2.05, 4.69) is 20.6 Å². The minimum atomic E-state index is -1.03. The number of amides is 3. The van der Waals surface area contributed by atoms with Crippen LogP contribution in [-0.2, 0) is 11.3 Å². The highest BCUT2D eigenvalue weighted by Gasteiger charge is 2.48. The van der Waals surface area contributed by atoms with Crippen LogP contribution in [0.5, 0.6) is 0 Å². The van der Waals surface area contributed by atoms with E-state index in [4.69, 9.17) is 0 Å². The Balaban J connectivity index is 1.43. The summed E-state index contributed by atoms with van der Waals surface area (Å²) in [4.78, 5) is 43.1. The standard InChI is InChI=1S/C23H36N6O3/c1-3-28-21(31)19-15-18(20(30)24-11-14-27-12-7-4-8-13-27)26-29(19)16-23(28,2)22(32)25-17-9-5-6-10-17/h15,17H,3-14,16H2,1-2H3,(H,24,30)(H,25,32)/t23-/m0/s1. The van der Waals surface area contributed by atoms with Gasteiger partial charge in [-0.15, -0.1) is 0 Å². The van der Waals surface area contributed by atoms with Crippen LogP contribution in [0.25, 0.3) is 0 Å². The van der Waals surface area contributed by atoms with Crippen LogP contribution < -0.4 is 10.6 Å². The van der Waals surface area contributed by atoms with Crippen molar-refractivity contribution < 1.29 is 14.4 Å². The van der Waals surface area contributed by atoms with E-state index in [0.29, 0.717) is 18.8 Å². The van der Waals surface area contributed by atoms with Gasteiger partial charge in [0.1, 0.15) is 11.2 Å². The van der Waals surface area contributed by atoms with Crippen molar-refractivity contribution in [3.05, 3.63) is 17.5 Å². The number of carbonyl (C=O) groups is 3. The van der Waals surface area contributed by atoms with Gasteiger partial charge in [-0.05, 0) is 52.6 Å². The minimum Gasteiger partial charge on any atom is -0.351 e. The number of carbonyl (C=O) groups excluding carboxylic acids is 3. The molecule has 0 bridgehead atoms. The molecule has 9 heteroatoms. The van der Waals surface area contributed by atoms with Gasteiger partial charge in [0.05, 0.1) is 6.54 Å². The number of piperidine rings is 1. The molecule has 1 saturated carbocycles. The summed E-state index contributed by atoms with van der Waals surface area (Å²) in [6.45, 7) is 7.85. The first kappa shape index (κ1) is 22.8. The average molecular weight is 445 g/mol. The molecule has 32 heavy (non-hydrogen) atoms. The first-order valence-electron chi connectivity index (χ1n) is 12.1. The van der Waals surface area contributed by atoms with Crippen LogP contribution in [0.2, 0.25) is 0 Å². The van der Waals surface area contributed by atoms with Gasteiger partial charge in [0.2, 0.25) is 5.91 Å². The quantitative estimate of drug-likeness (QED) is 0.662. The molecule has 3 aliphatic rings. The van der Waals surface area contributed by atoms with E-state index in [0.717, 1.165) is 45.3 Å². The first-order chi connectivity index (χ1) is 15.4. The van der Waals surface area contributed by atoms with Crippen LogP contribution in [0.1, 0.15) is 79.8 Å². The highest BCUT2D eigenvalue weighted by molar-refractivity contribution is 6.01. The normalized spacial score (nSPS) is 24.4. The van der Waals surface area contributed by atoms with E-state index in [1.165, 1.54) is 23.9 Å². The van der Waals surface area contributed by atoms with E-state index >= 15 is 0 Å². The van der Waals surface area contributed by atoms with E-state index in [-0.39, 0.29) is 36.0 Å². The Morgan fingerprint density at radius 2 is 1.88 bits per heavy atom. The van der Waals surface area contributed by atoms with Gasteiger partial charge in [-0.2, -0.15) is 5.10 Å². The summed E-state index contributed by atoms with van der Waals surface area (Å²) >= 11 is 0. The van der Waals surface area contributed by atoms with Gasteiger partial charge in [-0.3, -0.25) is 19.1 Å². The second-order valence-corrected chi connectivity index (χ2v) is 9.51. The van der Waals surface area contributed by atoms with E-state index in [1.807, 2.05) is 6.92 Å². The number of likely N-dealkylation sites (N-methyl/N-ethyl adjacent to an activating group) is 1. The lowest BCUT2D eigenvalue weighted by atomic mass is 9.94. The summed E-state index contributed by atoms with van der Waals surface area (Å²) in [5.74, 6) is -0.687. The Hall–Kier alpha value is -2.42. The molecule has 0 aromatic carbocycles. The van der Waals surface area contributed by atoms with Crippen molar-refractivity contribution in [2.75, 3.05) is 32.7 Å². The molecule has 0 radical (unpaired) electrons. The predicted molar refractivity (Wildman–Crippen MR) is 120 cm³/mol. The topological polar surface area (TPSA) is 99.6 Å². The van der Waals surface area contributed by atoms with Gasteiger partial charge in [-0.1, -0.05) is 19.3 Å². The van der Waals surface area contributed by atoms with Gasteiger partial charge in [-0.25, -0.2) is 0 Å². The molecule has 2 fully saturated rings. The molecule has 1 atom stereocenters. The smallest absolute Gasteiger partial charge is 0.273 e. The zero-order chi connectivity index (χ0) is 22.7. The Morgan fingerprint density at radius 1 is 1.16 bits per heavy atom. The Labute approximate surface area is 189 Å². The monoisotopic (exact) mass is 444 g/mol. The third kappa shape index (κ3) is 4.53. The summed E-state index contributed by atoms with van der Waals surface area (Å²) in [6.07, 6.45) is 7.92. The lowest BCUT2D eigenvalue weighted by Gasteiger charge is -2.43. The zero-order valence-electron chi connectivity index (χ0n) is 19.4. The third-order valence-corrected chi connectivity index (χ3v) is 7.19. The van der Waals surface area contributed by atoms with Gasteiger partial charge in [0.15, 0.2) is 5.69 Å². The number of hydrogen-bond acceptors (Lipinski definition) is 5. The lowest BCUT2D eigenvalue weighted by Crippen LogP contribution is -2.64. The molecule has 1 aliphatic carbocycles. The van der Waals surface area contributed by atoms with E-state index < -0.39 is 5.54 Å². The highest BCUT2D eigenvalue weighted by Crippen LogP contribution is 2.28. The van der Waals surface area contributed by atoms with Crippen molar-refractivity contribution >= 4 is 17.7 Å². The fraction of sp³-hybridized carbons (Fsp3) is 0.739. The molecular weight excluding hydrogens is 408 g/mol. The summed E-state index contributed by atoms with van der Waals surface area (Å²) in [7, 11) is 0.